The molecule has 0 saturated carbocycles. The molecule has 0 bridgehead atoms. The molecule has 0 fully saturated rings. The number of carbonyl (C=O) groups is 1. The predicted octanol–water partition coefficient (Wildman–Crippen LogP) is 3.28. The van der Waals surface area contributed by atoms with Gasteiger partial charge in [0.15, 0.2) is 5.69 Å². The first-order valence-corrected chi connectivity index (χ1v) is 9.59. The van der Waals surface area contributed by atoms with Crippen LogP contribution in [0.15, 0.2) is 52.2 Å². The van der Waals surface area contributed by atoms with Gasteiger partial charge in [-0.1, -0.05) is 64.3 Å². The first-order chi connectivity index (χ1) is 14.9. The van der Waals surface area contributed by atoms with Crippen molar-refractivity contribution in [3.8, 4) is 17.1 Å². The number of hydrogen-bond acceptors (Lipinski definition) is 8. The molecule has 0 atom stereocenters. The Bertz CT molecular complexity index is 1280. The van der Waals surface area contributed by atoms with Crippen molar-refractivity contribution >= 4 is 41.1 Å². The molecule has 4 rings (SSSR count). The molecule has 0 aliphatic heterocycles. The van der Waals surface area contributed by atoms with Crippen LogP contribution >= 0.6 is 23.2 Å². The van der Waals surface area contributed by atoms with E-state index in [-0.39, 0.29) is 17.3 Å². The summed E-state index contributed by atoms with van der Waals surface area (Å²) in [6, 6.07) is 12.3. The van der Waals surface area contributed by atoms with Crippen LogP contribution in [0.4, 0.5) is 5.82 Å². The van der Waals surface area contributed by atoms with E-state index in [1.165, 1.54) is 10.9 Å². The maximum Gasteiger partial charge on any atom is 0.294 e. The van der Waals surface area contributed by atoms with Crippen LogP contribution in [-0.4, -0.2) is 37.4 Å². The van der Waals surface area contributed by atoms with Gasteiger partial charge < -0.3 is 5.73 Å². The van der Waals surface area contributed by atoms with Crippen LogP contribution in [0.3, 0.4) is 0 Å². The zero-order chi connectivity index (χ0) is 22.0. The Morgan fingerprint density at radius 3 is 2.65 bits per heavy atom. The molecule has 0 saturated heterocycles. The van der Waals surface area contributed by atoms with Crippen LogP contribution in [0, 0.1) is 6.92 Å². The number of amides is 1. The molecule has 0 spiro atoms. The summed E-state index contributed by atoms with van der Waals surface area (Å²) in [5.74, 6) is -0.489. The second kappa shape index (κ2) is 8.54. The van der Waals surface area contributed by atoms with Crippen molar-refractivity contribution < 1.29 is 9.42 Å². The summed E-state index contributed by atoms with van der Waals surface area (Å²) in [7, 11) is 0. The summed E-state index contributed by atoms with van der Waals surface area (Å²) in [5, 5.41) is 20.1. The van der Waals surface area contributed by atoms with Gasteiger partial charge in [-0.15, -0.1) is 5.10 Å². The fraction of sp³-hybridized carbons (Fsp3) is 0.0526. The lowest BCUT2D eigenvalue weighted by Crippen LogP contribution is -2.19. The number of nitrogens with zero attached hydrogens (tertiary/aromatic N) is 6. The molecule has 2 heterocycles. The van der Waals surface area contributed by atoms with E-state index in [0.29, 0.717) is 26.9 Å². The van der Waals surface area contributed by atoms with Crippen LogP contribution < -0.4 is 11.2 Å². The van der Waals surface area contributed by atoms with Crippen LogP contribution in [0.25, 0.3) is 17.1 Å². The number of aryl methyl sites for hydroxylation is 1. The monoisotopic (exact) mass is 456 g/mol. The molecular weight excluding hydrogens is 443 g/mol. The number of nitrogen functional groups attached to an aromatic ring is 1. The number of halogens is 2. The average Bonchev–Trinajstić information content (AvgIpc) is 3.36. The lowest BCUT2D eigenvalue weighted by molar-refractivity contribution is 0.0950. The van der Waals surface area contributed by atoms with Gasteiger partial charge in [0.05, 0.1) is 11.2 Å². The summed E-state index contributed by atoms with van der Waals surface area (Å²) in [6.45, 7) is 1.95. The number of hydrazone groups is 1. The molecule has 10 nitrogen and oxygen atoms in total. The van der Waals surface area contributed by atoms with Gasteiger partial charge in [-0.3, -0.25) is 4.79 Å². The standard InChI is InChI=1S/C19H14Cl2N8O2/c1-10-2-4-11(5-3-10)16-15(24-28-29(16)18-17(22)26-31-27-18)19(30)25-23-9-12-6-7-13(20)8-14(12)21/h2-9H,1H3,(H2,22,26)(H,25,30)/b23-9-. The van der Waals surface area contributed by atoms with Gasteiger partial charge in [-0.25, -0.2) is 10.1 Å². The SMILES string of the molecule is Cc1ccc(-c2c(C(=O)N/N=C\c3ccc(Cl)cc3Cl)nnn2-c2nonc2N)cc1. The highest BCUT2D eigenvalue weighted by atomic mass is 35.5. The molecule has 156 valence electrons. The Balaban J connectivity index is 1.68. The minimum Gasteiger partial charge on any atom is -0.378 e. The topological polar surface area (TPSA) is 137 Å². The van der Waals surface area contributed by atoms with Crippen LogP contribution in [-0.2, 0) is 0 Å². The highest BCUT2D eigenvalue weighted by Gasteiger charge is 2.25. The summed E-state index contributed by atoms with van der Waals surface area (Å²) < 4.78 is 5.94. The summed E-state index contributed by atoms with van der Waals surface area (Å²) >= 11 is 12.0. The Labute approximate surface area is 185 Å². The summed E-state index contributed by atoms with van der Waals surface area (Å²) in [6.07, 6.45) is 1.39. The van der Waals surface area contributed by atoms with Gasteiger partial charge in [-0.05, 0) is 29.4 Å². The molecule has 2 aromatic carbocycles. The Kier molecular flexibility index (Phi) is 5.65. The Hall–Kier alpha value is -3.76. The van der Waals surface area contributed by atoms with E-state index in [2.05, 4.69) is 35.8 Å². The fourth-order valence-corrected chi connectivity index (χ4v) is 3.17. The molecule has 3 N–H and O–H groups in total. The van der Waals surface area contributed by atoms with Crippen LogP contribution in [0.2, 0.25) is 10.0 Å². The van der Waals surface area contributed by atoms with E-state index < -0.39 is 5.91 Å². The third-order valence-corrected chi connectivity index (χ3v) is 4.80. The first-order valence-electron chi connectivity index (χ1n) is 8.83. The van der Waals surface area contributed by atoms with Crippen LogP contribution in [0.5, 0.6) is 0 Å². The lowest BCUT2D eigenvalue weighted by Gasteiger charge is -2.06. The fourth-order valence-electron chi connectivity index (χ4n) is 2.71. The van der Waals surface area contributed by atoms with Crippen molar-refractivity contribution in [1.29, 1.82) is 0 Å². The van der Waals surface area contributed by atoms with E-state index in [1.54, 1.807) is 18.2 Å². The molecule has 12 heteroatoms. The van der Waals surface area contributed by atoms with E-state index in [9.17, 15) is 4.79 Å². The molecule has 0 radical (unpaired) electrons. The van der Waals surface area contributed by atoms with Gasteiger partial charge in [0, 0.05) is 16.1 Å². The number of benzene rings is 2. The van der Waals surface area contributed by atoms with E-state index >= 15 is 0 Å². The molecule has 0 aliphatic carbocycles. The van der Waals surface area contributed by atoms with Crippen molar-refractivity contribution in [2.24, 2.45) is 5.10 Å². The quantitative estimate of drug-likeness (QED) is 0.347. The molecule has 4 aromatic rings. The zero-order valence-corrected chi connectivity index (χ0v) is 17.5. The first kappa shape index (κ1) is 20.5. The minimum absolute atomic E-state index is 0.000575. The zero-order valence-electron chi connectivity index (χ0n) is 16.0. The largest absolute Gasteiger partial charge is 0.378 e. The number of nitrogens with one attached hydrogen (secondary N) is 1. The molecule has 0 unspecified atom stereocenters. The molecule has 1 amide bonds. The number of aromatic nitrogens is 5. The summed E-state index contributed by atoms with van der Waals surface area (Å²) in [4.78, 5) is 12.8. The minimum atomic E-state index is -0.599. The van der Waals surface area contributed by atoms with Gasteiger partial charge in [0.2, 0.25) is 11.6 Å². The van der Waals surface area contributed by atoms with Gasteiger partial charge >= 0.3 is 0 Å². The van der Waals surface area contributed by atoms with Crippen molar-refractivity contribution in [3.05, 3.63) is 69.3 Å². The van der Waals surface area contributed by atoms with Crippen molar-refractivity contribution in [2.45, 2.75) is 6.92 Å². The number of carbonyl (C=O) groups excluding carboxylic acids is 1. The van der Waals surface area contributed by atoms with Crippen LogP contribution in [0.1, 0.15) is 21.6 Å². The highest BCUT2D eigenvalue weighted by molar-refractivity contribution is 6.36. The van der Waals surface area contributed by atoms with Gasteiger partial charge in [0.25, 0.3) is 5.91 Å². The third-order valence-electron chi connectivity index (χ3n) is 4.24. The van der Waals surface area contributed by atoms with E-state index in [4.69, 9.17) is 28.9 Å². The van der Waals surface area contributed by atoms with E-state index in [0.717, 1.165) is 5.56 Å². The molecular formula is C19H14Cl2N8O2. The van der Waals surface area contributed by atoms with Crippen molar-refractivity contribution in [1.82, 2.24) is 30.7 Å². The van der Waals surface area contributed by atoms with Crippen molar-refractivity contribution in [3.63, 3.8) is 0 Å². The highest BCUT2D eigenvalue weighted by Crippen LogP contribution is 2.26. The summed E-state index contributed by atoms with van der Waals surface area (Å²) in [5.41, 5.74) is 10.8. The second-order valence-corrected chi connectivity index (χ2v) is 7.25. The number of hydrogen-bond donors (Lipinski definition) is 2. The normalized spacial score (nSPS) is 11.2. The predicted molar refractivity (Wildman–Crippen MR) is 115 cm³/mol. The second-order valence-electron chi connectivity index (χ2n) is 6.40. The number of rotatable bonds is 5. The number of anilines is 1. The maximum atomic E-state index is 12.8. The molecule has 2 aromatic heterocycles. The average molecular weight is 457 g/mol. The smallest absolute Gasteiger partial charge is 0.294 e. The Morgan fingerprint density at radius 1 is 1.19 bits per heavy atom. The van der Waals surface area contributed by atoms with Crippen molar-refractivity contribution in [2.75, 3.05) is 5.73 Å². The number of nitrogens with two attached hydrogens (primary N) is 1. The maximum absolute atomic E-state index is 12.8. The van der Waals surface area contributed by atoms with Gasteiger partial charge in [0.1, 0.15) is 5.69 Å². The lowest BCUT2D eigenvalue weighted by atomic mass is 10.1. The molecule has 31 heavy (non-hydrogen) atoms. The Morgan fingerprint density at radius 2 is 1.97 bits per heavy atom. The third kappa shape index (κ3) is 4.25. The van der Waals surface area contributed by atoms with Gasteiger partial charge in [-0.2, -0.15) is 9.78 Å². The molecule has 0 aliphatic rings. The van der Waals surface area contributed by atoms with E-state index in [1.807, 2.05) is 31.2 Å².